The van der Waals surface area contributed by atoms with Crippen LogP contribution in [0.1, 0.15) is 36.2 Å². The normalized spacial score (nSPS) is 19.5. The Kier molecular flexibility index (Phi) is 7.42. The number of fused-ring (bicyclic) bond motifs is 1. The minimum Gasteiger partial charge on any atom is -0.459 e. The van der Waals surface area contributed by atoms with E-state index < -0.39 is 5.91 Å². The first-order chi connectivity index (χ1) is 19.5. The van der Waals surface area contributed by atoms with E-state index in [1.54, 1.807) is 29.9 Å². The molecule has 4 aromatic rings. The number of nitrogens with zero attached hydrogens (tertiary/aromatic N) is 2. The Morgan fingerprint density at radius 3 is 2.75 bits per heavy atom. The van der Waals surface area contributed by atoms with Crippen LogP contribution >= 0.6 is 11.3 Å². The van der Waals surface area contributed by atoms with Gasteiger partial charge in [-0.2, -0.15) is 0 Å². The maximum Gasteiger partial charge on any atom is 0.269 e. The van der Waals surface area contributed by atoms with Gasteiger partial charge in [-0.05, 0) is 36.6 Å². The molecule has 1 amide bonds. The van der Waals surface area contributed by atoms with Gasteiger partial charge in [-0.3, -0.25) is 9.59 Å². The van der Waals surface area contributed by atoms with Crippen LogP contribution in [0.5, 0.6) is 0 Å². The molecule has 3 aromatic heterocycles. The molecule has 1 aliphatic carbocycles. The molecule has 0 bridgehead atoms. The standard InChI is InChI=1S/C29H32N6O4S/c30-21-6-1-2-7-22(21)34-19-13-23(26(29(31)37)32-15-19)33-18-5-3-4-17(12-18)20-16-39-27-24(36)14-25(40-28(20)27)35-8-10-38-11-9-35/h3-5,12-16,21-22,33-34H,1-2,6-11,30H2,(H2,31,37)/p+1/t21-,22+/m1/s1. The number of pyridine rings is 1. The van der Waals surface area contributed by atoms with E-state index in [2.05, 4.69) is 26.3 Å². The summed E-state index contributed by atoms with van der Waals surface area (Å²) in [5, 5.41) is 7.79. The number of quaternary nitrogens is 1. The summed E-state index contributed by atoms with van der Waals surface area (Å²) in [7, 11) is 0. The second-order valence-corrected chi connectivity index (χ2v) is 11.4. The van der Waals surface area contributed by atoms with Gasteiger partial charge in [0, 0.05) is 36.8 Å². The summed E-state index contributed by atoms with van der Waals surface area (Å²) in [6, 6.07) is 11.8. The molecule has 2 fully saturated rings. The van der Waals surface area contributed by atoms with Crippen LogP contribution in [0.2, 0.25) is 0 Å². The number of furan rings is 1. The number of anilines is 4. The molecule has 40 heavy (non-hydrogen) atoms. The third-order valence-corrected chi connectivity index (χ3v) is 8.78. The monoisotopic (exact) mass is 561 g/mol. The van der Waals surface area contributed by atoms with E-state index in [0.29, 0.717) is 30.5 Å². The number of nitrogens with one attached hydrogen (secondary N) is 2. The highest BCUT2D eigenvalue weighted by Crippen LogP contribution is 2.37. The lowest BCUT2D eigenvalue weighted by Crippen LogP contribution is -2.68. The molecule has 0 radical (unpaired) electrons. The van der Waals surface area contributed by atoms with Gasteiger partial charge in [0.25, 0.3) is 5.91 Å². The third kappa shape index (κ3) is 5.40. The topological polar surface area (TPSA) is 150 Å². The number of benzene rings is 1. The van der Waals surface area contributed by atoms with Crippen molar-refractivity contribution in [1.82, 2.24) is 4.98 Å². The molecule has 1 saturated heterocycles. The van der Waals surface area contributed by atoms with Crippen molar-refractivity contribution in [2.75, 3.05) is 41.8 Å². The minimum atomic E-state index is -0.612. The lowest BCUT2D eigenvalue weighted by atomic mass is 9.91. The summed E-state index contributed by atoms with van der Waals surface area (Å²) in [6.07, 6.45) is 7.79. The molecule has 1 aromatic carbocycles. The summed E-state index contributed by atoms with van der Waals surface area (Å²) in [4.78, 5) is 31.6. The first-order valence-electron chi connectivity index (χ1n) is 13.6. The maximum absolute atomic E-state index is 12.9. The number of ether oxygens (including phenoxy) is 1. The fraction of sp³-hybridized carbons (Fsp3) is 0.345. The van der Waals surface area contributed by atoms with E-state index in [1.807, 2.05) is 30.3 Å². The molecule has 4 heterocycles. The van der Waals surface area contributed by atoms with Crippen molar-refractivity contribution in [2.24, 2.45) is 5.73 Å². The van der Waals surface area contributed by atoms with E-state index in [0.717, 1.165) is 58.1 Å². The number of rotatable bonds is 7. The number of aromatic nitrogens is 1. The molecular formula is C29H33N6O4S+. The van der Waals surface area contributed by atoms with Crippen LogP contribution in [0.4, 0.5) is 22.1 Å². The molecule has 208 valence electrons. The van der Waals surface area contributed by atoms with Gasteiger partial charge in [-0.1, -0.05) is 18.6 Å². The highest BCUT2D eigenvalue weighted by atomic mass is 32.1. The molecule has 7 N–H and O–H groups in total. The molecule has 0 unspecified atom stereocenters. The molecule has 6 rings (SSSR count). The SMILES string of the molecule is NC(=O)c1ncc(N[C@H]2CCCC[C@H]2[NH3+])cc1Nc1cccc(-c2coc3c(=O)cc(N4CCOCC4)sc23)c1. The summed E-state index contributed by atoms with van der Waals surface area (Å²) >= 11 is 1.54. The van der Waals surface area contributed by atoms with Crippen molar-refractivity contribution < 1.29 is 19.7 Å². The zero-order chi connectivity index (χ0) is 27.6. The Morgan fingerprint density at radius 1 is 1.12 bits per heavy atom. The predicted molar refractivity (Wildman–Crippen MR) is 157 cm³/mol. The summed E-state index contributed by atoms with van der Waals surface area (Å²) in [5.74, 6) is -0.612. The van der Waals surface area contributed by atoms with Crippen molar-refractivity contribution in [3.05, 3.63) is 64.8 Å². The van der Waals surface area contributed by atoms with Crippen LogP contribution in [0.25, 0.3) is 21.4 Å². The number of hydrogen-bond acceptors (Lipinski definition) is 9. The molecule has 1 saturated carbocycles. The van der Waals surface area contributed by atoms with Gasteiger partial charge in [0.2, 0.25) is 5.43 Å². The Hall–Kier alpha value is -3.93. The average molecular weight is 562 g/mol. The zero-order valence-electron chi connectivity index (χ0n) is 22.2. The smallest absolute Gasteiger partial charge is 0.269 e. The molecule has 11 heteroatoms. The Balaban J connectivity index is 1.31. The summed E-state index contributed by atoms with van der Waals surface area (Å²) in [6.45, 7) is 2.77. The fourth-order valence-electron chi connectivity index (χ4n) is 5.44. The van der Waals surface area contributed by atoms with Crippen LogP contribution in [0.15, 0.2) is 58.1 Å². The van der Waals surface area contributed by atoms with Gasteiger partial charge in [-0.25, -0.2) is 4.98 Å². The quantitative estimate of drug-likeness (QED) is 0.267. The highest BCUT2D eigenvalue weighted by Gasteiger charge is 2.25. The Bertz CT molecular complexity index is 1600. The fourth-order valence-corrected chi connectivity index (χ4v) is 6.64. The lowest BCUT2D eigenvalue weighted by Gasteiger charge is -2.27. The number of carbonyl (C=O) groups excluding carboxylic acids is 1. The summed E-state index contributed by atoms with van der Waals surface area (Å²) in [5.41, 5.74) is 14.1. The van der Waals surface area contributed by atoms with E-state index in [-0.39, 0.29) is 17.2 Å². The van der Waals surface area contributed by atoms with Gasteiger partial charge < -0.3 is 36.2 Å². The summed E-state index contributed by atoms with van der Waals surface area (Å²) < 4.78 is 12.0. The maximum atomic E-state index is 12.9. The van der Waals surface area contributed by atoms with Crippen LogP contribution in [0.3, 0.4) is 0 Å². The number of hydrogen-bond donors (Lipinski definition) is 4. The Labute approximate surface area is 235 Å². The number of nitrogens with two attached hydrogens (primary N) is 1. The van der Waals surface area contributed by atoms with Crippen molar-refractivity contribution >= 4 is 49.6 Å². The second kappa shape index (κ2) is 11.3. The van der Waals surface area contributed by atoms with Gasteiger partial charge in [0.05, 0.1) is 46.5 Å². The van der Waals surface area contributed by atoms with Crippen LogP contribution in [0, 0.1) is 0 Å². The van der Waals surface area contributed by atoms with Gasteiger partial charge in [0.1, 0.15) is 12.3 Å². The Morgan fingerprint density at radius 2 is 1.95 bits per heavy atom. The molecule has 0 spiro atoms. The molecule has 2 aliphatic rings. The van der Waals surface area contributed by atoms with E-state index in [4.69, 9.17) is 14.9 Å². The van der Waals surface area contributed by atoms with Gasteiger partial charge in [-0.15, -0.1) is 11.3 Å². The number of amides is 1. The van der Waals surface area contributed by atoms with Crippen molar-refractivity contribution in [1.29, 1.82) is 0 Å². The average Bonchev–Trinajstić information content (AvgIpc) is 3.40. The van der Waals surface area contributed by atoms with Crippen molar-refractivity contribution in [3.8, 4) is 11.1 Å². The van der Waals surface area contributed by atoms with Gasteiger partial charge >= 0.3 is 0 Å². The van der Waals surface area contributed by atoms with Crippen molar-refractivity contribution in [2.45, 2.75) is 37.8 Å². The number of morpholine rings is 1. The van der Waals surface area contributed by atoms with Gasteiger partial charge in [0.15, 0.2) is 11.3 Å². The minimum absolute atomic E-state index is 0.139. The lowest BCUT2D eigenvalue weighted by molar-refractivity contribution is -0.427. The van der Waals surface area contributed by atoms with Crippen LogP contribution in [-0.4, -0.2) is 49.3 Å². The van der Waals surface area contributed by atoms with Crippen molar-refractivity contribution in [3.63, 3.8) is 0 Å². The molecule has 10 nitrogen and oxygen atoms in total. The molecule has 2 atom stereocenters. The number of primary amides is 1. The number of carbonyl (C=O) groups is 1. The molecular weight excluding hydrogens is 528 g/mol. The van der Waals surface area contributed by atoms with E-state index >= 15 is 0 Å². The van der Waals surface area contributed by atoms with Crippen LogP contribution < -0.4 is 32.4 Å². The predicted octanol–water partition coefficient (Wildman–Crippen LogP) is 3.56. The first kappa shape index (κ1) is 26.3. The third-order valence-electron chi connectivity index (χ3n) is 7.59. The second-order valence-electron chi connectivity index (χ2n) is 10.3. The van der Waals surface area contributed by atoms with E-state index in [9.17, 15) is 9.59 Å². The van der Waals surface area contributed by atoms with Crippen LogP contribution in [-0.2, 0) is 4.74 Å². The largest absolute Gasteiger partial charge is 0.459 e. The van der Waals surface area contributed by atoms with E-state index in [1.165, 1.54) is 12.8 Å². The highest BCUT2D eigenvalue weighted by molar-refractivity contribution is 7.22. The molecule has 1 aliphatic heterocycles. The first-order valence-corrected chi connectivity index (χ1v) is 14.4. The zero-order valence-corrected chi connectivity index (χ0v) is 23.0.